The summed E-state index contributed by atoms with van der Waals surface area (Å²) in [5.41, 5.74) is 0. The van der Waals surface area contributed by atoms with Crippen molar-refractivity contribution in [3.63, 3.8) is 0 Å². The number of quaternary nitrogens is 1. The summed E-state index contributed by atoms with van der Waals surface area (Å²) in [5.74, 6) is -1.77. The number of carbonyl (C=O) groups is 3. The Labute approximate surface area is 412 Å². The highest BCUT2D eigenvalue weighted by Gasteiger charge is 2.25. The Bertz CT molecular complexity index is 1370. The topological polar surface area (TPSA) is 102 Å². The Morgan fingerprint density at radius 1 is 0.448 bits per heavy atom. The first kappa shape index (κ1) is 63.5. The molecule has 0 radical (unpaired) electrons. The van der Waals surface area contributed by atoms with Crippen LogP contribution in [-0.4, -0.2) is 75.5 Å². The second-order valence-electron chi connectivity index (χ2n) is 19.1. The van der Waals surface area contributed by atoms with Gasteiger partial charge in [-0.1, -0.05) is 189 Å². The molecule has 0 aliphatic carbocycles. The maximum atomic E-state index is 12.8. The lowest BCUT2D eigenvalue weighted by molar-refractivity contribution is -0.889. The van der Waals surface area contributed by atoms with Crippen LogP contribution >= 0.6 is 0 Å². The Morgan fingerprint density at radius 3 is 1.16 bits per heavy atom. The SMILES string of the molecule is CCCCC/C=C/C/C=C/C/C=C/C/C=C/CCCCCCCC(=O)OC(COCCC(C(=O)[O-])[N+](C)(C)C)COC(=O)CCCCCCCCCCC/C=C/C/C=C/C/C=C/CCCCC. The van der Waals surface area contributed by atoms with Gasteiger partial charge in [-0.3, -0.25) is 9.59 Å². The molecule has 67 heavy (non-hydrogen) atoms. The molecule has 8 heteroatoms. The third kappa shape index (κ3) is 47.4. The van der Waals surface area contributed by atoms with Gasteiger partial charge in [0.25, 0.3) is 0 Å². The van der Waals surface area contributed by atoms with Gasteiger partial charge in [-0.15, -0.1) is 0 Å². The van der Waals surface area contributed by atoms with E-state index in [1.54, 1.807) is 21.1 Å². The van der Waals surface area contributed by atoms with Gasteiger partial charge in [-0.2, -0.15) is 0 Å². The minimum Gasteiger partial charge on any atom is -0.544 e. The first-order valence-electron chi connectivity index (χ1n) is 27.1. The van der Waals surface area contributed by atoms with Crippen molar-refractivity contribution in [3.05, 3.63) is 85.1 Å². The number of nitrogens with zero attached hydrogens (tertiary/aromatic N) is 1. The Morgan fingerprint density at radius 2 is 0.791 bits per heavy atom. The van der Waals surface area contributed by atoms with Gasteiger partial charge < -0.3 is 28.6 Å². The number of likely N-dealkylation sites (N-methyl/N-ethyl adjacent to an activating group) is 1. The zero-order valence-electron chi connectivity index (χ0n) is 43.8. The number of carbonyl (C=O) groups excluding carboxylic acids is 3. The summed E-state index contributed by atoms with van der Waals surface area (Å²) in [6.07, 6.45) is 64.6. The van der Waals surface area contributed by atoms with E-state index < -0.39 is 18.1 Å². The zero-order chi connectivity index (χ0) is 49.2. The minimum atomic E-state index is -1.13. The van der Waals surface area contributed by atoms with Gasteiger partial charge >= 0.3 is 11.9 Å². The smallest absolute Gasteiger partial charge is 0.306 e. The molecule has 0 saturated carbocycles. The van der Waals surface area contributed by atoms with Crippen LogP contribution in [0.15, 0.2) is 85.1 Å². The summed E-state index contributed by atoms with van der Waals surface area (Å²) in [6.45, 7) is 4.59. The van der Waals surface area contributed by atoms with Crippen molar-refractivity contribution in [2.45, 2.75) is 231 Å². The van der Waals surface area contributed by atoms with E-state index in [4.69, 9.17) is 14.2 Å². The van der Waals surface area contributed by atoms with Gasteiger partial charge in [0.15, 0.2) is 6.10 Å². The molecule has 0 amide bonds. The summed E-state index contributed by atoms with van der Waals surface area (Å²) in [6, 6.07) is -0.736. The van der Waals surface area contributed by atoms with E-state index in [1.165, 1.54) is 89.9 Å². The second kappa shape index (κ2) is 48.9. The van der Waals surface area contributed by atoms with Crippen LogP contribution in [0.2, 0.25) is 0 Å². The van der Waals surface area contributed by atoms with Crippen molar-refractivity contribution >= 4 is 17.9 Å². The van der Waals surface area contributed by atoms with Crippen molar-refractivity contribution in [1.82, 2.24) is 0 Å². The number of aliphatic carboxylic acids is 1. The number of esters is 2. The molecule has 384 valence electrons. The zero-order valence-corrected chi connectivity index (χ0v) is 43.8. The lowest BCUT2D eigenvalue weighted by Crippen LogP contribution is -2.55. The van der Waals surface area contributed by atoms with E-state index in [-0.39, 0.29) is 42.7 Å². The third-order valence-corrected chi connectivity index (χ3v) is 11.8. The highest BCUT2D eigenvalue weighted by molar-refractivity contribution is 5.70. The van der Waals surface area contributed by atoms with Crippen LogP contribution < -0.4 is 5.11 Å². The normalized spacial score (nSPS) is 13.5. The Hall–Kier alpha value is -3.49. The number of rotatable bonds is 48. The maximum absolute atomic E-state index is 12.8. The number of hydrogen-bond acceptors (Lipinski definition) is 7. The third-order valence-electron chi connectivity index (χ3n) is 11.8. The van der Waals surface area contributed by atoms with Crippen molar-refractivity contribution < 1.29 is 38.2 Å². The molecule has 0 rings (SSSR count). The summed E-state index contributed by atoms with van der Waals surface area (Å²) in [7, 11) is 5.40. The van der Waals surface area contributed by atoms with Crippen LogP contribution in [0, 0.1) is 0 Å². The molecule has 0 heterocycles. The molecular formula is C59H101NO7. The Balaban J connectivity index is 4.28. The molecule has 0 bridgehead atoms. The fourth-order valence-corrected chi connectivity index (χ4v) is 7.53. The fraction of sp³-hybridized carbons (Fsp3) is 0.712. The standard InChI is InChI=1S/C59H101NO7/c1-6-8-10-12-14-16-18-20-22-24-26-28-30-31-33-35-37-39-41-43-45-47-49-57(61)66-54-55(53-65-52-51-56(59(63)64)60(3,4)5)67-58(62)50-48-46-44-42-40-38-36-34-32-29-27-25-23-21-19-17-15-13-11-9-7-2/h14-17,20-23,26-29,34,36,55-56H,6-13,18-19,24-25,30-33,35,37-54H2,1-5H3/b16-14+,17-15+,22-20+,23-21+,28-26+,29-27+,36-34+. The van der Waals surface area contributed by atoms with Crippen LogP contribution in [0.25, 0.3) is 0 Å². The molecule has 0 aromatic carbocycles. The highest BCUT2D eigenvalue weighted by atomic mass is 16.6. The van der Waals surface area contributed by atoms with E-state index in [0.717, 1.165) is 96.3 Å². The molecule has 0 aromatic heterocycles. The highest BCUT2D eigenvalue weighted by Crippen LogP contribution is 2.14. The summed E-state index contributed by atoms with van der Waals surface area (Å²) in [4.78, 5) is 37.1. The molecule has 0 aliphatic heterocycles. The summed E-state index contributed by atoms with van der Waals surface area (Å²) < 4.78 is 17.2. The second-order valence-corrected chi connectivity index (χ2v) is 19.1. The maximum Gasteiger partial charge on any atom is 0.306 e. The van der Waals surface area contributed by atoms with Gasteiger partial charge in [0.05, 0.1) is 40.3 Å². The number of ether oxygens (including phenoxy) is 3. The molecule has 2 atom stereocenters. The van der Waals surface area contributed by atoms with E-state index in [9.17, 15) is 19.5 Å². The lowest BCUT2D eigenvalue weighted by atomic mass is 10.1. The number of carboxylic acid groups (broad SMARTS) is 1. The molecule has 8 nitrogen and oxygen atoms in total. The fourth-order valence-electron chi connectivity index (χ4n) is 7.53. The Kier molecular flexibility index (Phi) is 46.4. The summed E-state index contributed by atoms with van der Waals surface area (Å²) in [5, 5.41) is 11.7. The molecule has 0 saturated heterocycles. The molecule has 2 unspecified atom stereocenters. The lowest BCUT2D eigenvalue weighted by Gasteiger charge is -2.34. The molecule has 0 spiro atoms. The predicted molar refractivity (Wildman–Crippen MR) is 282 cm³/mol. The first-order valence-corrected chi connectivity index (χ1v) is 27.1. The largest absolute Gasteiger partial charge is 0.544 e. The minimum absolute atomic E-state index is 0.0271. The van der Waals surface area contributed by atoms with E-state index in [0.29, 0.717) is 12.8 Å². The van der Waals surface area contributed by atoms with Crippen LogP contribution in [-0.2, 0) is 28.6 Å². The van der Waals surface area contributed by atoms with Gasteiger partial charge in [-0.25, -0.2) is 0 Å². The molecule has 0 aliphatic rings. The van der Waals surface area contributed by atoms with Crippen molar-refractivity contribution in [2.75, 3.05) is 41.0 Å². The summed E-state index contributed by atoms with van der Waals surface area (Å²) >= 11 is 0. The van der Waals surface area contributed by atoms with Gasteiger partial charge in [0.1, 0.15) is 12.6 Å². The number of unbranched alkanes of at least 4 members (excludes halogenated alkanes) is 20. The van der Waals surface area contributed by atoms with E-state index in [1.807, 2.05) is 0 Å². The van der Waals surface area contributed by atoms with Gasteiger partial charge in [0, 0.05) is 19.3 Å². The quantitative estimate of drug-likeness (QED) is 0.0259. The molecular weight excluding hydrogens is 835 g/mol. The number of allylic oxidation sites excluding steroid dienone is 14. The van der Waals surface area contributed by atoms with Crippen molar-refractivity contribution in [2.24, 2.45) is 0 Å². The van der Waals surface area contributed by atoms with Crippen LogP contribution in [0.3, 0.4) is 0 Å². The van der Waals surface area contributed by atoms with E-state index >= 15 is 0 Å². The molecule has 0 aromatic rings. The number of carboxylic acids is 1. The van der Waals surface area contributed by atoms with Crippen LogP contribution in [0.1, 0.15) is 219 Å². The van der Waals surface area contributed by atoms with E-state index in [2.05, 4.69) is 98.9 Å². The van der Waals surface area contributed by atoms with Gasteiger partial charge in [0.2, 0.25) is 0 Å². The van der Waals surface area contributed by atoms with Crippen molar-refractivity contribution in [1.29, 1.82) is 0 Å². The van der Waals surface area contributed by atoms with Crippen LogP contribution in [0.4, 0.5) is 0 Å². The average Bonchev–Trinajstić information content (AvgIpc) is 3.29. The predicted octanol–water partition coefficient (Wildman–Crippen LogP) is 14.7. The van der Waals surface area contributed by atoms with Crippen LogP contribution in [0.5, 0.6) is 0 Å². The number of hydrogen-bond donors (Lipinski definition) is 0. The van der Waals surface area contributed by atoms with Gasteiger partial charge in [-0.05, 0) is 96.3 Å². The molecule has 0 N–H and O–H groups in total. The molecule has 0 fully saturated rings. The first-order chi connectivity index (χ1) is 32.6. The monoisotopic (exact) mass is 936 g/mol. The van der Waals surface area contributed by atoms with Crippen molar-refractivity contribution in [3.8, 4) is 0 Å². The average molecular weight is 936 g/mol.